The Morgan fingerprint density at radius 1 is 1.14 bits per heavy atom. The van der Waals surface area contributed by atoms with E-state index in [2.05, 4.69) is 11.4 Å². The second-order valence-electron chi connectivity index (χ2n) is 7.08. The van der Waals surface area contributed by atoms with Gasteiger partial charge in [-0.05, 0) is 48.2 Å². The Bertz CT molecular complexity index is 1010. The predicted molar refractivity (Wildman–Crippen MR) is 113 cm³/mol. The van der Waals surface area contributed by atoms with Crippen molar-refractivity contribution in [2.75, 3.05) is 18.4 Å². The van der Waals surface area contributed by atoms with Crippen molar-refractivity contribution in [1.29, 1.82) is 5.26 Å². The van der Waals surface area contributed by atoms with E-state index in [1.54, 1.807) is 36.4 Å². The molecule has 1 heterocycles. The van der Waals surface area contributed by atoms with Crippen LogP contribution in [0.2, 0.25) is 5.02 Å². The highest BCUT2D eigenvalue weighted by Gasteiger charge is 2.31. The van der Waals surface area contributed by atoms with Gasteiger partial charge in [0.15, 0.2) is 0 Å². The number of sulfonamides is 1. The van der Waals surface area contributed by atoms with Crippen molar-refractivity contribution < 1.29 is 13.2 Å². The van der Waals surface area contributed by atoms with Crippen LogP contribution >= 0.6 is 11.6 Å². The van der Waals surface area contributed by atoms with Gasteiger partial charge >= 0.3 is 0 Å². The van der Waals surface area contributed by atoms with Crippen LogP contribution in [0.1, 0.15) is 24.0 Å². The number of nitriles is 1. The number of carbonyl (C=O) groups excluding carboxylic acids is 1. The lowest BCUT2D eigenvalue weighted by atomic mass is 9.97. The van der Waals surface area contributed by atoms with Crippen LogP contribution in [0, 0.1) is 17.2 Å². The molecule has 6 nitrogen and oxygen atoms in total. The van der Waals surface area contributed by atoms with Crippen LogP contribution in [0.4, 0.5) is 5.69 Å². The van der Waals surface area contributed by atoms with Gasteiger partial charge in [0.25, 0.3) is 0 Å². The number of nitrogens with zero attached hydrogens (tertiary/aromatic N) is 2. The topological polar surface area (TPSA) is 90.3 Å². The van der Waals surface area contributed by atoms with Crippen LogP contribution in [0.5, 0.6) is 0 Å². The van der Waals surface area contributed by atoms with E-state index in [0.717, 1.165) is 5.56 Å². The number of halogens is 1. The SMILES string of the molecule is N#CCc1ccc(NC(=O)C2CCN(S(=O)(=O)Cc3cccc(Cl)c3)CC2)cc1. The number of carbonyl (C=O) groups is 1. The molecule has 0 bridgehead atoms. The smallest absolute Gasteiger partial charge is 0.227 e. The first-order valence-electron chi connectivity index (χ1n) is 9.36. The molecule has 0 aromatic heterocycles. The van der Waals surface area contributed by atoms with Gasteiger partial charge < -0.3 is 5.32 Å². The standard InChI is InChI=1S/C21H22ClN3O3S/c22-19-3-1-2-17(14-19)15-29(27,28)25-12-9-18(10-13-25)21(26)24-20-6-4-16(5-7-20)8-11-23/h1-7,14,18H,8-10,12-13,15H2,(H,24,26). The molecule has 0 unspecified atom stereocenters. The van der Waals surface area contributed by atoms with Crippen molar-refractivity contribution in [3.8, 4) is 6.07 Å². The van der Waals surface area contributed by atoms with Gasteiger partial charge in [0.1, 0.15) is 0 Å². The Hall–Kier alpha value is -2.40. The average Bonchev–Trinajstić information content (AvgIpc) is 2.69. The molecule has 0 aliphatic carbocycles. The summed E-state index contributed by atoms with van der Waals surface area (Å²) < 4.78 is 26.8. The quantitative estimate of drug-likeness (QED) is 0.756. The van der Waals surface area contributed by atoms with Crippen LogP contribution < -0.4 is 5.32 Å². The first-order valence-corrected chi connectivity index (χ1v) is 11.3. The van der Waals surface area contributed by atoms with Crippen molar-refractivity contribution >= 4 is 33.2 Å². The highest BCUT2D eigenvalue weighted by atomic mass is 35.5. The molecule has 1 fully saturated rings. The maximum absolute atomic E-state index is 12.7. The lowest BCUT2D eigenvalue weighted by Gasteiger charge is -2.30. The van der Waals surface area contributed by atoms with Crippen LogP contribution in [0.25, 0.3) is 0 Å². The van der Waals surface area contributed by atoms with E-state index in [0.29, 0.717) is 48.6 Å². The summed E-state index contributed by atoms with van der Waals surface area (Å²) in [6.45, 7) is 0.643. The Labute approximate surface area is 176 Å². The number of rotatable bonds is 6. The molecule has 0 atom stereocenters. The molecule has 152 valence electrons. The number of amides is 1. The number of benzene rings is 2. The highest BCUT2D eigenvalue weighted by molar-refractivity contribution is 7.88. The van der Waals surface area contributed by atoms with E-state index >= 15 is 0 Å². The van der Waals surface area contributed by atoms with E-state index in [1.807, 2.05) is 12.1 Å². The first-order chi connectivity index (χ1) is 13.9. The molecule has 1 aliphatic heterocycles. The minimum Gasteiger partial charge on any atom is -0.326 e. The van der Waals surface area contributed by atoms with Crippen molar-refractivity contribution in [1.82, 2.24) is 4.31 Å². The highest BCUT2D eigenvalue weighted by Crippen LogP contribution is 2.24. The molecular formula is C21H22ClN3O3S. The second kappa shape index (κ2) is 9.40. The summed E-state index contributed by atoms with van der Waals surface area (Å²) in [5.41, 5.74) is 2.22. The number of anilines is 1. The molecule has 1 N–H and O–H groups in total. The van der Waals surface area contributed by atoms with Crippen molar-refractivity contribution in [3.05, 3.63) is 64.7 Å². The molecule has 0 saturated carbocycles. The summed E-state index contributed by atoms with van der Waals surface area (Å²) in [5.74, 6) is -0.434. The normalized spacial score (nSPS) is 15.6. The molecule has 1 aliphatic rings. The average molecular weight is 432 g/mol. The van der Waals surface area contributed by atoms with Gasteiger partial charge in [-0.15, -0.1) is 0 Å². The van der Waals surface area contributed by atoms with Crippen molar-refractivity contribution in [3.63, 3.8) is 0 Å². The fourth-order valence-electron chi connectivity index (χ4n) is 3.37. The molecule has 8 heteroatoms. The van der Waals surface area contributed by atoms with E-state index in [1.165, 1.54) is 4.31 Å². The van der Waals surface area contributed by atoms with Crippen LogP contribution in [0.15, 0.2) is 48.5 Å². The molecule has 2 aromatic rings. The zero-order chi connectivity index (χ0) is 20.9. The summed E-state index contributed by atoms with van der Waals surface area (Å²) in [6, 6.07) is 16.1. The van der Waals surface area contributed by atoms with E-state index in [9.17, 15) is 13.2 Å². The molecule has 29 heavy (non-hydrogen) atoms. The predicted octanol–water partition coefficient (Wildman–Crippen LogP) is 3.59. The Kier molecular flexibility index (Phi) is 6.91. The Morgan fingerprint density at radius 3 is 2.45 bits per heavy atom. The minimum absolute atomic E-state index is 0.0977. The van der Waals surface area contributed by atoms with E-state index in [4.69, 9.17) is 16.9 Å². The number of hydrogen-bond acceptors (Lipinski definition) is 4. The van der Waals surface area contributed by atoms with Gasteiger partial charge in [0.05, 0.1) is 18.2 Å². The van der Waals surface area contributed by atoms with Gasteiger partial charge in [0.2, 0.25) is 15.9 Å². The molecule has 0 spiro atoms. The summed E-state index contributed by atoms with van der Waals surface area (Å²) in [5, 5.41) is 12.1. The Balaban J connectivity index is 1.54. The fraction of sp³-hybridized carbons (Fsp3) is 0.333. The summed E-state index contributed by atoms with van der Waals surface area (Å²) in [7, 11) is -3.45. The van der Waals surface area contributed by atoms with E-state index in [-0.39, 0.29) is 17.6 Å². The van der Waals surface area contributed by atoms with Gasteiger partial charge in [-0.2, -0.15) is 5.26 Å². The van der Waals surface area contributed by atoms with Crippen LogP contribution in [-0.2, 0) is 27.0 Å². The first kappa shape index (κ1) is 21.3. The molecule has 2 aromatic carbocycles. The lowest BCUT2D eigenvalue weighted by Crippen LogP contribution is -2.41. The third-order valence-corrected chi connectivity index (χ3v) is 7.05. The number of piperidine rings is 1. The number of hydrogen-bond donors (Lipinski definition) is 1. The van der Waals surface area contributed by atoms with Gasteiger partial charge in [-0.3, -0.25) is 4.79 Å². The molecule has 1 saturated heterocycles. The second-order valence-corrected chi connectivity index (χ2v) is 9.49. The van der Waals surface area contributed by atoms with Gasteiger partial charge in [-0.25, -0.2) is 12.7 Å². The van der Waals surface area contributed by atoms with Crippen molar-refractivity contribution in [2.45, 2.75) is 25.0 Å². The maximum atomic E-state index is 12.7. The third kappa shape index (κ3) is 5.80. The zero-order valence-corrected chi connectivity index (χ0v) is 17.4. The van der Waals surface area contributed by atoms with E-state index < -0.39 is 10.0 Å². The minimum atomic E-state index is -3.45. The summed E-state index contributed by atoms with van der Waals surface area (Å²) >= 11 is 5.94. The lowest BCUT2D eigenvalue weighted by molar-refractivity contribution is -0.120. The van der Waals surface area contributed by atoms with Crippen LogP contribution in [-0.4, -0.2) is 31.7 Å². The summed E-state index contributed by atoms with van der Waals surface area (Å²) in [6.07, 6.45) is 1.29. The largest absolute Gasteiger partial charge is 0.326 e. The molecule has 1 amide bonds. The summed E-state index contributed by atoms with van der Waals surface area (Å²) in [4.78, 5) is 12.5. The molecule has 3 rings (SSSR count). The number of nitrogens with one attached hydrogen (secondary N) is 1. The maximum Gasteiger partial charge on any atom is 0.227 e. The molecular weight excluding hydrogens is 410 g/mol. The van der Waals surface area contributed by atoms with Gasteiger partial charge in [-0.1, -0.05) is 35.9 Å². The molecule has 0 radical (unpaired) electrons. The van der Waals surface area contributed by atoms with Crippen molar-refractivity contribution in [2.24, 2.45) is 5.92 Å². The van der Waals surface area contributed by atoms with Gasteiger partial charge in [0, 0.05) is 29.7 Å². The Morgan fingerprint density at radius 2 is 1.83 bits per heavy atom. The fourth-order valence-corrected chi connectivity index (χ4v) is 5.13. The van der Waals surface area contributed by atoms with Crippen LogP contribution in [0.3, 0.4) is 0 Å². The zero-order valence-electron chi connectivity index (χ0n) is 15.8. The monoisotopic (exact) mass is 431 g/mol. The third-order valence-electron chi connectivity index (χ3n) is 4.96.